The summed E-state index contributed by atoms with van der Waals surface area (Å²) in [5, 5.41) is 7.98. The summed E-state index contributed by atoms with van der Waals surface area (Å²) in [6.45, 7) is 5.72. The zero-order valence-electron chi connectivity index (χ0n) is 16.7. The van der Waals surface area contributed by atoms with Crippen molar-refractivity contribution in [3.05, 3.63) is 78.9 Å². The van der Waals surface area contributed by atoms with Crippen LogP contribution in [0.1, 0.15) is 33.7 Å². The molecule has 0 bridgehead atoms. The number of hydrogen-bond donors (Lipinski definition) is 1. The summed E-state index contributed by atoms with van der Waals surface area (Å²) >= 11 is 13.1. The third kappa shape index (κ3) is 5.86. The predicted molar refractivity (Wildman–Crippen MR) is 126 cm³/mol. The van der Waals surface area contributed by atoms with Crippen LogP contribution >= 0.6 is 43.5 Å². The lowest BCUT2D eigenvalue weighted by molar-refractivity contribution is 0.0952. The summed E-state index contributed by atoms with van der Waals surface area (Å²) in [5.41, 5.74) is 3.65. The van der Waals surface area contributed by atoms with Crippen LogP contribution in [0.2, 0.25) is 5.02 Å². The van der Waals surface area contributed by atoms with E-state index in [1.807, 2.05) is 42.8 Å². The molecule has 0 aliphatic heterocycles. The Labute approximate surface area is 198 Å². The van der Waals surface area contributed by atoms with Gasteiger partial charge in [-0.05, 0) is 72.1 Å². The van der Waals surface area contributed by atoms with E-state index in [4.69, 9.17) is 16.3 Å². The first kappa shape index (κ1) is 22.8. The maximum atomic E-state index is 12.4. The average Bonchev–Trinajstić information content (AvgIpc) is 2.97. The van der Waals surface area contributed by atoms with Crippen molar-refractivity contribution in [3.63, 3.8) is 0 Å². The van der Waals surface area contributed by atoms with Gasteiger partial charge in [-0.25, -0.2) is 0 Å². The van der Waals surface area contributed by atoms with E-state index in [9.17, 15) is 4.79 Å². The predicted octanol–water partition coefficient (Wildman–Crippen LogP) is 6.08. The van der Waals surface area contributed by atoms with Gasteiger partial charge >= 0.3 is 0 Å². The van der Waals surface area contributed by atoms with Gasteiger partial charge in [-0.2, -0.15) is 5.10 Å². The van der Waals surface area contributed by atoms with Crippen molar-refractivity contribution in [1.29, 1.82) is 0 Å². The molecule has 158 valence electrons. The van der Waals surface area contributed by atoms with Gasteiger partial charge in [-0.1, -0.05) is 39.7 Å². The molecule has 1 N–H and O–H groups in total. The van der Waals surface area contributed by atoms with Gasteiger partial charge in [-0.15, -0.1) is 0 Å². The molecule has 3 aromatic rings. The smallest absolute Gasteiger partial charge is 0.251 e. The minimum absolute atomic E-state index is 0.0898. The van der Waals surface area contributed by atoms with Gasteiger partial charge < -0.3 is 10.1 Å². The van der Waals surface area contributed by atoms with E-state index in [2.05, 4.69) is 42.3 Å². The van der Waals surface area contributed by atoms with Crippen LogP contribution in [-0.2, 0) is 13.2 Å². The highest BCUT2D eigenvalue weighted by Gasteiger charge is 2.09. The zero-order chi connectivity index (χ0) is 21.7. The lowest BCUT2D eigenvalue weighted by Gasteiger charge is -2.10. The molecule has 0 unspecified atom stereocenters. The minimum Gasteiger partial charge on any atom is -0.487 e. The molecule has 1 heterocycles. The molecule has 0 saturated heterocycles. The van der Waals surface area contributed by atoms with E-state index in [0.29, 0.717) is 29.5 Å². The van der Waals surface area contributed by atoms with Gasteiger partial charge in [0, 0.05) is 28.8 Å². The Balaban J connectivity index is 1.45. The number of aromatic nitrogens is 2. The van der Waals surface area contributed by atoms with Crippen molar-refractivity contribution in [2.24, 2.45) is 0 Å². The molecule has 0 spiro atoms. The van der Waals surface area contributed by atoms with Crippen LogP contribution in [0.5, 0.6) is 5.75 Å². The molecule has 3 rings (SSSR count). The largest absolute Gasteiger partial charge is 0.487 e. The fraction of sp³-hybridized carbons (Fsp3) is 0.273. The monoisotopic (exact) mass is 553 g/mol. The molecule has 1 amide bonds. The van der Waals surface area contributed by atoms with E-state index in [-0.39, 0.29) is 5.91 Å². The Kier molecular flexibility index (Phi) is 7.97. The van der Waals surface area contributed by atoms with Crippen molar-refractivity contribution in [2.75, 3.05) is 6.54 Å². The average molecular weight is 556 g/mol. The molecule has 2 aromatic carbocycles. The van der Waals surface area contributed by atoms with Crippen molar-refractivity contribution < 1.29 is 9.53 Å². The van der Waals surface area contributed by atoms with E-state index in [1.54, 1.807) is 18.2 Å². The van der Waals surface area contributed by atoms with Crippen LogP contribution in [-0.4, -0.2) is 22.2 Å². The lowest BCUT2D eigenvalue weighted by atomic mass is 10.1. The SMILES string of the molecule is Cc1nn(CCCNC(=O)c2ccc(COc3ccc(Br)cc3Cl)cc2)c(C)c1Br. The maximum absolute atomic E-state index is 12.4. The third-order valence-electron chi connectivity index (χ3n) is 4.63. The normalized spacial score (nSPS) is 10.8. The number of nitrogens with one attached hydrogen (secondary N) is 1. The number of amides is 1. The van der Waals surface area contributed by atoms with Gasteiger partial charge in [0.25, 0.3) is 5.91 Å². The summed E-state index contributed by atoms with van der Waals surface area (Å²) < 4.78 is 9.65. The standard InChI is InChI=1S/C22H22Br2ClN3O2/c1-14-21(24)15(2)28(27-14)11-3-10-26-22(29)17-6-4-16(5-7-17)13-30-20-9-8-18(23)12-19(20)25/h4-9,12H,3,10-11,13H2,1-2H3,(H,26,29). The van der Waals surface area contributed by atoms with Crippen molar-refractivity contribution >= 4 is 49.4 Å². The number of halogens is 3. The lowest BCUT2D eigenvalue weighted by Crippen LogP contribution is -2.25. The molecule has 5 nitrogen and oxygen atoms in total. The highest BCUT2D eigenvalue weighted by Crippen LogP contribution is 2.28. The van der Waals surface area contributed by atoms with Gasteiger partial charge in [0.15, 0.2) is 0 Å². The maximum Gasteiger partial charge on any atom is 0.251 e. The van der Waals surface area contributed by atoms with Crippen molar-refractivity contribution in [1.82, 2.24) is 15.1 Å². The molecule has 0 radical (unpaired) electrons. The number of rotatable bonds is 8. The Hall–Kier alpha value is -1.83. The number of carbonyl (C=O) groups excluding carboxylic acids is 1. The van der Waals surface area contributed by atoms with Crippen molar-refractivity contribution in [3.8, 4) is 5.75 Å². The Morgan fingerprint density at radius 1 is 1.17 bits per heavy atom. The summed E-state index contributed by atoms with van der Waals surface area (Å²) in [6.07, 6.45) is 0.806. The number of nitrogens with zero attached hydrogens (tertiary/aromatic N) is 2. The van der Waals surface area contributed by atoms with Gasteiger partial charge in [0.1, 0.15) is 12.4 Å². The zero-order valence-corrected chi connectivity index (χ0v) is 20.6. The van der Waals surface area contributed by atoms with Crippen LogP contribution < -0.4 is 10.1 Å². The summed E-state index contributed by atoms with van der Waals surface area (Å²) in [5.74, 6) is 0.532. The summed E-state index contributed by atoms with van der Waals surface area (Å²) in [6, 6.07) is 12.9. The highest BCUT2D eigenvalue weighted by atomic mass is 79.9. The molecule has 0 saturated carbocycles. The molecular weight excluding hydrogens is 534 g/mol. The molecule has 0 aliphatic rings. The minimum atomic E-state index is -0.0898. The molecule has 0 fully saturated rings. The van der Waals surface area contributed by atoms with Crippen LogP contribution in [0, 0.1) is 13.8 Å². The van der Waals surface area contributed by atoms with Gasteiger partial charge in [-0.3, -0.25) is 9.48 Å². The molecule has 1 aromatic heterocycles. The number of ether oxygens (including phenoxy) is 1. The van der Waals surface area contributed by atoms with Crippen LogP contribution in [0.25, 0.3) is 0 Å². The first-order valence-corrected chi connectivity index (χ1v) is 11.5. The molecule has 30 heavy (non-hydrogen) atoms. The second-order valence-corrected chi connectivity index (χ2v) is 8.99. The summed E-state index contributed by atoms with van der Waals surface area (Å²) in [7, 11) is 0. The van der Waals surface area contributed by atoms with Crippen LogP contribution in [0.4, 0.5) is 0 Å². The van der Waals surface area contributed by atoms with Gasteiger partial charge in [0.05, 0.1) is 15.2 Å². The Bertz CT molecular complexity index is 1040. The van der Waals surface area contributed by atoms with E-state index >= 15 is 0 Å². The number of carbonyl (C=O) groups is 1. The number of hydrogen-bond acceptors (Lipinski definition) is 3. The third-order valence-corrected chi connectivity index (χ3v) is 6.57. The fourth-order valence-corrected chi connectivity index (χ4v) is 3.94. The quantitative estimate of drug-likeness (QED) is 0.343. The second-order valence-electron chi connectivity index (χ2n) is 6.88. The van der Waals surface area contributed by atoms with E-state index in [1.165, 1.54) is 0 Å². The fourth-order valence-electron chi connectivity index (χ4n) is 2.93. The Morgan fingerprint density at radius 3 is 2.53 bits per heavy atom. The Morgan fingerprint density at radius 2 is 1.90 bits per heavy atom. The molecular formula is C22H22Br2ClN3O2. The molecule has 8 heteroatoms. The first-order chi connectivity index (χ1) is 14.3. The molecule has 0 atom stereocenters. The van der Waals surface area contributed by atoms with Crippen LogP contribution in [0.3, 0.4) is 0 Å². The summed E-state index contributed by atoms with van der Waals surface area (Å²) in [4.78, 5) is 12.4. The van der Waals surface area contributed by atoms with Crippen molar-refractivity contribution in [2.45, 2.75) is 33.4 Å². The number of aryl methyl sites for hydroxylation is 2. The second kappa shape index (κ2) is 10.5. The van der Waals surface area contributed by atoms with Gasteiger partial charge in [0.2, 0.25) is 0 Å². The van der Waals surface area contributed by atoms with E-state index < -0.39 is 0 Å². The first-order valence-electron chi connectivity index (χ1n) is 9.49. The number of benzene rings is 2. The van der Waals surface area contributed by atoms with E-state index in [0.717, 1.165) is 38.9 Å². The van der Waals surface area contributed by atoms with Crippen LogP contribution in [0.15, 0.2) is 51.4 Å². The highest BCUT2D eigenvalue weighted by molar-refractivity contribution is 9.10. The topological polar surface area (TPSA) is 56.2 Å². The molecule has 0 aliphatic carbocycles.